The first-order valence-corrected chi connectivity index (χ1v) is 12.3. The molecular formula is C26H28F2N8. The van der Waals surface area contributed by atoms with E-state index in [0.29, 0.717) is 41.4 Å². The van der Waals surface area contributed by atoms with Gasteiger partial charge in [0.1, 0.15) is 17.5 Å². The molecule has 4 heterocycles. The monoisotopic (exact) mass is 490 g/mol. The van der Waals surface area contributed by atoms with Gasteiger partial charge in [0.05, 0.1) is 23.0 Å². The predicted molar refractivity (Wildman–Crippen MR) is 134 cm³/mol. The fraction of sp³-hybridized carbons (Fsp3) is 0.385. The van der Waals surface area contributed by atoms with Crippen molar-refractivity contribution in [2.45, 2.75) is 18.4 Å². The minimum absolute atomic E-state index is 0.219. The lowest BCUT2D eigenvalue weighted by molar-refractivity contribution is 0.272. The third-order valence-electron chi connectivity index (χ3n) is 7.63. The summed E-state index contributed by atoms with van der Waals surface area (Å²) < 4.78 is 30.4. The lowest BCUT2D eigenvalue weighted by Gasteiger charge is -2.30. The zero-order valence-corrected chi connectivity index (χ0v) is 19.8. The second-order valence-electron chi connectivity index (χ2n) is 9.80. The quantitative estimate of drug-likeness (QED) is 0.443. The number of benzene rings is 1. The van der Waals surface area contributed by atoms with Crippen LogP contribution in [0.15, 0.2) is 48.8 Å². The fourth-order valence-electron chi connectivity index (χ4n) is 5.73. The number of hydrogen-bond acceptors (Lipinski definition) is 7. The molecule has 0 amide bonds. The van der Waals surface area contributed by atoms with E-state index in [1.54, 1.807) is 29.1 Å². The molecule has 2 saturated heterocycles. The van der Waals surface area contributed by atoms with Crippen LogP contribution >= 0.6 is 0 Å². The molecule has 0 spiro atoms. The minimum Gasteiger partial charge on any atom is -0.346 e. The van der Waals surface area contributed by atoms with Crippen LogP contribution in [0.25, 0.3) is 5.65 Å². The largest absolute Gasteiger partial charge is 0.346 e. The number of anilines is 1. The number of rotatable bonds is 7. The van der Waals surface area contributed by atoms with E-state index in [0.717, 1.165) is 45.1 Å². The first-order valence-electron chi connectivity index (χ1n) is 12.3. The van der Waals surface area contributed by atoms with Gasteiger partial charge in [0.25, 0.3) is 0 Å². The van der Waals surface area contributed by atoms with Gasteiger partial charge in [0, 0.05) is 56.7 Å². The minimum atomic E-state index is -0.579. The summed E-state index contributed by atoms with van der Waals surface area (Å²) in [4.78, 5) is 9.12. The Hall–Kier alpha value is -3.50. The summed E-state index contributed by atoms with van der Waals surface area (Å²) in [6.45, 7) is 4.92. The molecule has 186 valence electrons. The summed E-state index contributed by atoms with van der Waals surface area (Å²) >= 11 is 0. The van der Waals surface area contributed by atoms with E-state index in [1.165, 1.54) is 12.1 Å². The zero-order valence-electron chi connectivity index (χ0n) is 19.8. The standard InChI is InChI=1S/C26H28F2N8/c27-18-1-3-22(28)21(13-18)26-14-17(26)5-9-35(26)24-6-10-36-25(33-24)20(15-32-36)23(30)4-2-19(29)16-34-11-7-31-8-12-34/h1-4,6,10,13,15,17,29-31H,5,7-9,11-12,14,16H2/b4-2-,29-19?,30-23?/t17-,26+/m0/s1. The number of nitrogens with one attached hydrogen (secondary N) is 3. The Morgan fingerprint density at radius 2 is 1.97 bits per heavy atom. The molecule has 1 saturated carbocycles. The van der Waals surface area contributed by atoms with Gasteiger partial charge in [-0.05, 0) is 55.2 Å². The molecule has 8 nitrogen and oxygen atoms in total. The number of piperazine rings is 1. The van der Waals surface area contributed by atoms with Crippen LogP contribution in [0, 0.1) is 28.4 Å². The number of halogens is 2. The summed E-state index contributed by atoms with van der Waals surface area (Å²) in [5.74, 6) is 0.0879. The molecule has 3 N–H and O–H groups in total. The van der Waals surface area contributed by atoms with Crippen LogP contribution in [0.3, 0.4) is 0 Å². The molecule has 2 atom stereocenters. The Morgan fingerprint density at radius 1 is 1.14 bits per heavy atom. The van der Waals surface area contributed by atoms with Crippen LogP contribution in [0.2, 0.25) is 0 Å². The number of aromatic nitrogens is 3. The highest BCUT2D eigenvalue weighted by Gasteiger charge is 2.64. The highest BCUT2D eigenvalue weighted by Crippen LogP contribution is 2.63. The average molecular weight is 491 g/mol. The molecule has 0 bridgehead atoms. The number of hydrogen-bond donors (Lipinski definition) is 3. The fourth-order valence-corrected chi connectivity index (χ4v) is 5.73. The Balaban J connectivity index is 1.25. The molecule has 2 aromatic heterocycles. The van der Waals surface area contributed by atoms with Crippen LogP contribution in [-0.2, 0) is 5.54 Å². The van der Waals surface area contributed by atoms with E-state index in [1.807, 2.05) is 6.07 Å². The van der Waals surface area contributed by atoms with Crippen LogP contribution in [0.4, 0.5) is 14.6 Å². The summed E-state index contributed by atoms with van der Waals surface area (Å²) in [6, 6.07) is 5.50. The first-order chi connectivity index (χ1) is 17.5. The van der Waals surface area contributed by atoms with Crippen molar-refractivity contribution in [1.29, 1.82) is 10.8 Å². The van der Waals surface area contributed by atoms with Gasteiger partial charge in [-0.15, -0.1) is 0 Å². The summed E-state index contributed by atoms with van der Waals surface area (Å²) in [5.41, 5.74) is 1.55. The molecule has 10 heteroatoms. The number of nitrogens with zero attached hydrogens (tertiary/aromatic N) is 5. The van der Waals surface area contributed by atoms with Gasteiger partial charge < -0.3 is 21.0 Å². The number of fused-ring (bicyclic) bond motifs is 2. The molecule has 3 aliphatic rings. The van der Waals surface area contributed by atoms with Crippen LogP contribution in [0.5, 0.6) is 0 Å². The Bertz CT molecular complexity index is 1380. The Kier molecular flexibility index (Phi) is 5.65. The molecule has 36 heavy (non-hydrogen) atoms. The van der Waals surface area contributed by atoms with Gasteiger partial charge in [-0.25, -0.2) is 18.3 Å². The number of allylic oxidation sites excluding steroid dienone is 1. The predicted octanol–water partition coefficient (Wildman–Crippen LogP) is 2.98. The lowest BCUT2D eigenvalue weighted by atomic mass is 10.0. The van der Waals surface area contributed by atoms with Crippen molar-refractivity contribution in [2.75, 3.05) is 44.2 Å². The smallest absolute Gasteiger partial charge is 0.166 e. The van der Waals surface area contributed by atoms with E-state index >= 15 is 0 Å². The molecule has 1 aliphatic carbocycles. The summed E-state index contributed by atoms with van der Waals surface area (Å²) in [6.07, 6.45) is 8.32. The van der Waals surface area contributed by atoms with Crippen molar-refractivity contribution in [3.63, 3.8) is 0 Å². The van der Waals surface area contributed by atoms with E-state index in [9.17, 15) is 8.78 Å². The highest BCUT2D eigenvalue weighted by molar-refractivity contribution is 6.13. The maximum atomic E-state index is 14.8. The highest BCUT2D eigenvalue weighted by atomic mass is 19.1. The van der Waals surface area contributed by atoms with E-state index < -0.39 is 17.2 Å². The second kappa shape index (κ2) is 8.86. The first kappa shape index (κ1) is 22.9. The van der Waals surface area contributed by atoms with Crippen LogP contribution in [0.1, 0.15) is 24.0 Å². The van der Waals surface area contributed by atoms with E-state index in [4.69, 9.17) is 15.8 Å². The molecule has 0 unspecified atom stereocenters. The molecule has 3 fully saturated rings. The van der Waals surface area contributed by atoms with Crippen molar-refractivity contribution in [2.24, 2.45) is 5.92 Å². The van der Waals surface area contributed by atoms with E-state index in [2.05, 4.69) is 20.2 Å². The average Bonchev–Trinajstić information content (AvgIpc) is 3.26. The zero-order chi connectivity index (χ0) is 24.9. The lowest BCUT2D eigenvalue weighted by Crippen LogP contribution is -2.45. The van der Waals surface area contributed by atoms with Crippen molar-refractivity contribution in [3.05, 3.63) is 71.6 Å². The molecule has 2 aliphatic heterocycles. The normalized spacial score (nSPS) is 23.9. The second-order valence-corrected chi connectivity index (χ2v) is 9.80. The van der Waals surface area contributed by atoms with Crippen molar-refractivity contribution < 1.29 is 8.78 Å². The van der Waals surface area contributed by atoms with Crippen molar-refractivity contribution in [1.82, 2.24) is 24.8 Å². The maximum absolute atomic E-state index is 14.8. The topological polar surface area (TPSA) is 96.4 Å². The number of piperidine rings is 1. The molecule has 1 aromatic carbocycles. The van der Waals surface area contributed by atoms with Gasteiger partial charge in [0.15, 0.2) is 5.65 Å². The third-order valence-corrected chi connectivity index (χ3v) is 7.63. The summed E-state index contributed by atoms with van der Waals surface area (Å²) in [5, 5.41) is 24.5. The van der Waals surface area contributed by atoms with Gasteiger partial charge in [0.2, 0.25) is 0 Å². The Labute approximate surface area is 207 Å². The Morgan fingerprint density at radius 3 is 2.78 bits per heavy atom. The van der Waals surface area contributed by atoms with Crippen LogP contribution < -0.4 is 10.2 Å². The van der Waals surface area contributed by atoms with Gasteiger partial charge >= 0.3 is 0 Å². The van der Waals surface area contributed by atoms with Crippen LogP contribution in [-0.4, -0.2) is 70.2 Å². The summed E-state index contributed by atoms with van der Waals surface area (Å²) in [7, 11) is 0. The molecule has 3 aromatic rings. The van der Waals surface area contributed by atoms with Gasteiger partial charge in [-0.3, -0.25) is 4.90 Å². The molecule has 0 radical (unpaired) electrons. The maximum Gasteiger partial charge on any atom is 0.166 e. The molecule has 6 rings (SSSR count). The van der Waals surface area contributed by atoms with Crippen molar-refractivity contribution >= 4 is 22.9 Å². The van der Waals surface area contributed by atoms with Gasteiger partial charge in [-0.2, -0.15) is 5.10 Å². The van der Waals surface area contributed by atoms with Crippen molar-refractivity contribution in [3.8, 4) is 0 Å². The van der Waals surface area contributed by atoms with Gasteiger partial charge in [-0.1, -0.05) is 0 Å². The third kappa shape index (κ3) is 3.90. The molecular weight excluding hydrogens is 462 g/mol. The SMILES string of the molecule is N=C(/C=C\C(=N)c1cnn2ccc(N3CC[C@H]4C[C@]43c3cc(F)ccc3F)nc12)CN1CCNCC1. The van der Waals surface area contributed by atoms with E-state index in [-0.39, 0.29) is 11.6 Å².